The number of carboxylic acids is 1. The Hall–Kier alpha value is -2.47. The van der Waals surface area contributed by atoms with E-state index in [0.29, 0.717) is 17.0 Å². The minimum atomic E-state index is -1.04. The Balaban J connectivity index is 2.01. The van der Waals surface area contributed by atoms with E-state index in [9.17, 15) is 9.59 Å². The van der Waals surface area contributed by atoms with Crippen LogP contribution in [-0.4, -0.2) is 22.3 Å². The summed E-state index contributed by atoms with van der Waals surface area (Å²) < 4.78 is 5.46. The number of hydrogen-bond acceptors (Lipinski definition) is 5. The largest absolute Gasteiger partial charge is 0.481 e. The number of furan rings is 1. The number of nitrogens with zero attached hydrogens (tertiary/aromatic N) is 1. The molecular formula is C15H11NO4S. The maximum Gasteiger partial charge on any atom is 0.313 e. The van der Waals surface area contributed by atoms with Crippen molar-refractivity contribution < 1.29 is 19.1 Å². The lowest BCUT2D eigenvalue weighted by molar-refractivity contribution is -0.139. The average Bonchev–Trinajstić information content (AvgIpc) is 3.10. The van der Waals surface area contributed by atoms with Gasteiger partial charge in [-0.3, -0.25) is 4.79 Å². The summed E-state index contributed by atoms with van der Waals surface area (Å²) in [7, 11) is 0. The van der Waals surface area contributed by atoms with E-state index in [4.69, 9.17) is 9.52 Å². The normalized spacial score (nSPS) is 12.4. The number of rotatable bonds is 5. The summed E-state index contributed by atoms with van der Waals surface area (Å²) in [6, 6.07) is 7.57. The standard InChI is InChI=1S/C15H11NO4S/c17-6-5-10(15(18)19)14-16-12(8-21-14)11-7-20-13-4-2-1-3-9(11)13/h1-4,6-8,10H,5H2,(H,18,19). The molecule has 2 heterocycles. The van der Waals surface area contributed by atoms with Crippen molar-refractivity contribution >= 4 is 34.6 Å². The number of para-hydroxylation sites is 1. The zero-order valence-corrected chi connectivity index (χ0v) is 11.7. The van der Waals surface area contributed by atoms with Crippen LogP contribution in [-0.2, 0) is 9.59 Å². The summed E-state index contributed by atoms with van der Waals surface area (Å²) in [6.07, 6.45) is 2.14. The zero-order chi connectivity index (χ0) is 14.8. The van der Waals surface area contributed by atoms with Gasteiger partial charge in [-0.05, 0) is 6.07 Å². The highest BCUT2D eigenvalue weighted by Crippen LogP contribution is 2.33. The Labute approximate surface area is 123 Å². The van der Waals surface area contributed by atoms with Gasteiger partial charge in [0.2, 0.25) is 0 Å². The van der Waals surface area contributed by atoms with E-state index >= 15 is 0 Å². The zero-order valence-electron chi connectivity index (χ0n) is 10.9. The van der Waals surface area contributed by atoms with E-state index in [1.54, 1.807) is 11.6 Å². The third kappa shape index (κ3) is 2.45. The molecule has 106 valence electrons. The van der Waals surface area contributed by atoms with Crippen LogP contribution in [0.2, 0.25) is 0 Å². The van der Waals surface area contributed by atoms with Crippen molar-refractivity contribution in [3.63, 3.8) is 0 Å². The molecule has 0 fully saturated rings. The van der Waals surface area contributed by atoms with Gasteiger partial charge >= 0.3 is 5.97 Å². The Morgan fingerprint density at radius 1 is 1.43 bits per heavy atom. The molecule has 0 aliphatic carbocycles. The number of hydrogen-bond donors (Lipinski definition) is 1. The van der Waals surface area contributed by atoms with Crippen LogP contribution in [0.5, 0.6) is 0 Å². The lowest BCUT2D eigenvalue weighted by Gasteiger charge is -2.03. The molecule has 1 atom stereocenters. The van der Waals surface area contributed by atoms with Crippen molar-refractivity contribution in [2.24, 2.45) is 0 Å². The van der Waals surface area contributed by atoms with E-state index < -0.39 is 11.9 Å². The molecule has 0 saturated carbocycles. The SMILES string of the molecule is O=CCC(C(=O)O)c1nc(-c2coc3ccccc23)cs1. The molecular weight excluding hydrogens is 290 g/mol. The number of aliphatic carboxylic acids is 1. The van der Waals surface area contributed by atoms with Crippen molar-refractivity contribution in [1.29, 1.82) is 0 Å². The number of aromatic nitrogens is 1. The first-order chi connectivity index (χ1) is 10.2. The highest BCUT2D eigenvalue weighted by molar-refractivity contribution is 7.10. The Kier molecular flexibility index (Phi) is 3.53. The first-order valence-corrected chi connectivity index (χ1v) is 7.17. The number of benzene rings is 1. The molecule has 1 aromatic carbocycles. The van der Waals surface area contributed by atoms with Crippen molar-refractivity contribution in [2.45, 2.75) is 12.3 Å². The lowest BCUT2D eigenvalue weighted by Crippen LogP contribution is -2.11. The molecule has 3 rings (SSSR count). The van der Waals surface area contributed by atoms with Crippen molar-refractivity contribution in [2.75, 3.05) is 0 Å². The van der Waals surface area contributed by atoms with Crippen LogP contribution in [0.25, 0.3) is 22.2 Å². The van der Waals surface area contributed by atoms with E-state index in [0.717, 1.165) is 16.5 Å². The van der Waals surface area contributed by atoms with Gasteiger partial charge in [0, 0.05) is 22.8 Å². The topological polar surface area (TPSA) is 80.4 Å². The minimum Gasteiger partial charge on any atom is -0.481 e. The summed E-state index contributed by atoms with van der Waals surface area (Å²) in [4.78, 5) is 26.2. The molecule has 3 aromatic rings. The van der Waals surface area contributed by atoms with Gasteiger partial charge in [-0.25, -0.2) is 4.98 Å². The summed E-state index contributed by atoms with van der Waals surface area (Å²) in [6.45, 7) is 0. The number of thiazole rings is 1. The van der Waals surface area contributed by atoms with Gasteiger partial charge in [0.15, 0.2) is 0 Å². The highest BCUT2D eigenvalue weighted by atomic mass is 32.1. The van der Waals surface area contributed by atoms with Crippen molar-refractivity contribution in [3.8, 4) is 11.3 Å². The number of carbonyl (C=O) groups excluding carboxylic acids is 1. The number of aldehydes is 1. The van der Waals surface area contributed by atoms with Gasteiger partial charge in [0.05, 0.1) is 5.69 Å². The van der Waals surface area contributed by atoms with Gasteiger partial charge in [0.25, 0.3) is 0 Å². The molecule has 0 radical (unpaired) electrons. The number of fused-ring (bicyclic) bond motifs is 1. The molecule has 5 nitrogen and oxygen atoms in total. The summed E-state index contributed by atoms with van der Waals surface area (Å²) in [5.74, 6) is -1.93. The maximum atomic E-state index is 11.2. The second-order valence-corrected chi connectivity index (χ2v) is 5.40. The molecule has 2 aromatic heterocycles. The minimum absolute atomic E-state index is 0.0750. The first-order valence-electron chi connectivity index (χ1n) is 6.29. The summed E-state index contributed by atoms with van der Waals surface area (Å²) in [5.41, 5.74) is 2.24. The Morgan fingerprint density at radius 3 is 3.00 bits per heavy atom. The molecule has 6 heteroatoms. The number of carboxylic acid groups (broad SMARTS) is 1. The van der Waals surface area contributed by atoms with Crippen LogP contribution < -0.4 is 0 Å². The van der Waals surface area contributed by atoms with E-state index in [1.165, 1.54) is 11.3 Å². The third-order valence-corrected chi connectivity index (χ3v) is 4.17. The molecule has 0 saturated heterocycles. The summed E-state index contributed by atoms with van der Waals surface area (Å²) >= 11 is 1.24. The van der Waals surface area contributed by atoms with Gasteiger partial charge < -0.3 is 14.3 Å². The molecule has 0 spiro atoms. The molecule has 0 bridgehead atoms. The molecule has 21 heavy (non-hydrogen) atoms. The predicted molar refractivity (Wildman–Crippen MR) is 78.4 cm³/mol. The Bertz CT molecular complexity index is 805. The fourth-order valence-electron chi connectivity index (χ4n) is 2.15. The smallest absolute Gasteiger partial charge is 0.313 e. The molecule has 0 amide bonds. The monoisotopic (exact) mass is 301 g/mol. The average molecular weight is 301 g/mol. The fourth-order valence-corrected chi connectivity index (χ4v) is 3.08. The highest BCUT2D eigenvalue weighted by Gasteiger charge is 2.23. The van der Waals surface area contributed by atoms with Crippen molar-refractivity contribution in [3.05, 3.63) is 40.9 Å². The second kappa shape index (κ2) is 5.49. The first kappa shape index (κ1) is 13.5. The molecule has 1 N–H and O–H groups in total. The Morgan fingerprint density at radius 2 is 2.24 bits per heavy atom. The molecule has 0 aliphatic heterocycles. The van der Waals surface area contributed by atoms with Gasteiger partial charge in [-0.1, -0.05) is 18.2 Å². The third-order valence-electron chi connectivity index (χ3n) is 3.21. The maximum absolute atomic E-state index is 11.2. The van der Waals surface area contributed by atoms with Crippen LogP contribution in [0, 0.1) is 0 Å². The molecule has 1 unspecified atom stereocenters. The van der Waals surface area contributed by atoms with Crippen LogP contribution in [0.3, 0.4) is 0 Å². The van der Waals surface area contributed by atoms with Gasteiger partial charge in [-0.2, -0.15) is 0 Å². The van der Waals surface area contributed by atoms with Crippen LogP contribution in [0.1, 0.15) is 17.3 Å². The quantitative estimate of drug-likeness (QED) is 0.731. The lowest BCUT2D eigenvalue weighted by atomic mass is 10.1. The van der Waals surface area contributed by atoms with Gasteiger partial charge in [0.1, 0.15) is 29.1 Å². The van der Waals surface area contributed by atoms with Crippen LogP contribution in [0.4, 0.5) is 0 Å². The van der Waals surface area contributed by atoms with Crippen LogP contribution >= 0.6 is 11.3 Å². The van der Waals surface area contributed by atoms with Crippen molar-refractivity contribution in [1.82, 2.24) is 4.98 Å². The number of carbonyl (C=O) groups is 2. The van der Waals surface area contributed by atoms with E-state index in [-0.39, 0.29) is 6.42 Å². The van der Waals surface area contributed by atoms with Gasteiger partial charge in [-0.15, -0.1) is 11.3 Å². The molecule has 0 aliphatic rings. The van der Waals surface area contributed by atoms with Crippen LogP contribution in [0.15, 0.2) is 40.3 Å². The predicted octanol–water partition coefficient (Wildman–Crippen LogP) is 3.31. The van der Waals surface area contributed by atoms with E-state index in [1.807, 2.05) is 24.3 Å². The summed E-state index contributed by atoms with van der Waals surface area (Å²) in [5, 5.41) is 12.3. The fraction of sp³-hybridized carbons (Fsp3) is 0.133. The van der Waals surface area contributed by atoms with E-state index in [2.05, 4.69) is 4.98 Å². The second-order valence-electron chi connectivity index (χ2n) is 4.51.